The van der Waals surface area contributed by atoms with Crippen LogP contribution in [0.4, 0.5) is 0 Å². The minimum atomic E-state index is -0.583. The van der Waals surface area contributed by atoms with E-state index in [9.17, 15) is 28.8 Å². The first-order valence-corrected chi connectivity index (χ1v) is 34.0. The molecule has 4 rings (SSSR count). The summed E-state index contributed by atoms with van der Waals surface area (Å²) < 4.78 is 50.1. The first-order valence-electron chi connectivity index (χ1n) is 34.0. The van der Waals surface area contributed by atoms with Crippen LogP contribution in [0.1, 0.15) is 326 Å². The lowest BCUT2D eigenvalue weighted by molar-refractivity contribution is -0.189. The molecule has 0 radical (unpaired) electrons. The van der Waals surface area contributed by atoms with Gasteiger partial charge in [-0.05, 0) is 191 Å². The van der Waals surface area contributed by atoms with Gasteiger partial charge >= 0.3 is 35.8 Å². The Bertz CT molecular complexity index is 2030. The van der Waals surface area contributed by atoms with Gasteiger partial charge in [0.2, 0.25) is 0 Å². The average molecular weight is 1270 g/mol. The zero-order chi connectivity index (χ0) is 66.7. The molecule has 0 bridgehead atoms. The van der Waals surface area contributed by atoms with Crippen molar-refractivity contribution in [3.8, 4) is 0 Å². The molecule has 4 aliphatic rings. The Labute approximate surface area is 545 Å². The summed E-state index contributed by atoms with van der Waals surface area (Å²) in [5.74, 6) is -1.50. The summed E-state index contributed by atoms with van der Waals surface area (Å²) in [7, 11) is 5.03. The van der Waals surface area contributed by atoms with E-state index in [-0.39, 0.29) is 97.2 Å². The molecule has 0 aromatic heterocycles. The lowest BCUT2D eigenvalue weighted by atomic mass is 9.73. The molecule has 4 aliphatic carbocycles. The van der Waals surface area contributed by atoms with E-state index in [1.54, 1.807) is 35.2 Å². The minimum absolute atomic E-state index is 0. The molecule has 15 nitrogen and oxygen atoms in total. The number of methoxy groups -OCH3 is 3. The molecule has 0 saturated heterocycles. The third kappa shape index (κ3) is 27.3. The Morgan fingerprint density at radius 2 is 0.596 bits per heavy atom. The third-order valence-electron chi connectivity index (χ3n) is 20.7. The maximum Gasteiger partial charge on any atom is 0.344 e. The summed E-state index contributed by atoms with van der Waals surface area (Å²) in [6.45, 7) is 39.3. The van der Waals surface area contributed by atoms with Gasteiger partial charge in [-0.3, -0.25) is 24.0 Å². The predicted octanol–water partition coefficient (Wildman–Crippen LogP) is 18.6. The fourth-order valence-electron chi connectivity index (χ4n) is 12.0. The van der Waals surface area contributed by atoms with Gasteiger partial charge in [-0.15, -0.1) is 0 Å². The smallest absolute Gasteiger partial charge is 0.344 e. The molecule has 4 saturated carbocycles. The van der Waals surface area contributed by atoms with Gasteiger partial charge in [0.1, 0.15) is 29.0 Å². The van der Waals surface area contributed by atoms with Crippen LogP contribution in [0.25, 0.3) is 0 Å². The van der Waals surface area contributed by atoms with Gasteiger partial charge in [-0.2, -0.15) is 0 Å². The van der Waals surface area contributed by atoms with Crippen molar-refractivity contribution in [2.75, 3.05) is 54.4 Å². The number of ether oxygens (including phenoxy) is 9. The highest BCUT2D eigenvalue weighted by Gasteiger charge is 2.53. The normalized spacial score (nSPS) is 18.7. The molecular formula is C74H140O15. The van der Waals surface area contributed by atoms with Crippen molar-refractivity contribution in [1.82, 2.24) is 0 Å². The molecule has 0 N–H and O–H groups in total. The van der Waals surface area contributed by atoms with Crippen molar-refractivity contribution in [1.29, 1.82) is 0 Å². The van der Waals surface area contributed by atoms with E-state index in [4.69, 9.17) is 42.6 Å². The zero-order valence-corrected chi connectivity index (χ0v) is 60.0. The highest BCUT2D eigenvalue weighted by Crippen LogP contribution is 2.50. The fourth-order valence-corrected chi connectivity index (χ4v) is 12.0. The SMILES string of the molecule is C.C.CCC(C)(C)C(=O)OC1(C(C)(C)COC)CCCC1.CCC(C)(C)C(=O)OC1(C)CCCCCCCCCCC1.CCC(C)(C)C(=O)OCC(=O)OC1(C(C)(C)COC)CCCC1.CCC(C)(C)C(=O)OCCC(=O)OC1(C(C)(C)COC)CCCC1. The van der Waals surface area contributed by atoms with Crippen LogP contribution in [0.2, 0.25) is 0 Å². The van der Waals surface area contributed by atoms with Crippen LogP contribution < -0.4 is 0 Å². The second-order valence-electron chi connectivity index (χ2n) is 30.8. The number of carbonyl (C=O) groups is 6. The molecule has 4 fully saturated rings. The van der Waals surface area contributed by atoms with Crippen LogP contribution in [-0.2, 0) is 71.4 Å². The molecule has 0 spiro atoms. The molecular weight excluding hydrogens is 1130 g/mol. The van der Waals surface area contributed by atoms with Crippen molar-refractivity contribution in [3.63, 3.8) is 0 Å². The summed E-state index contributed by atoms with van der Waals surface area (Å²) in [6, 6.07) is 0. The molecule has 0 aromatic carbocycles. The average Bonchev–Trinajstić information content (AvgIpc) is 2.40. The summed E-state index contributed by atoms with van der Waals surface area (Å²) in [5, 5.41) is 0. The third-order valence-corrected chi connectivity index (χ3v) is 20.7. The topological polar surface area (TPSA) is 185 Å². The van der Waals surface area contributed by atoms with Gasteiger partial charge in [-0.1, -0.05) is 129 Å². The van der Waals surface area contributed by atoms with Gasteiger partial charge in [0.15, 0.2) is 6.61 Å². The zero-order valence-electron chi connectivity index (χ0n) is 60.0. The first kappa shape index (κ1) is 87.8. The van der Waals surface area contributed by atoms with E-state index in [2.05, 4.69) is 55.4 Å². The van der Waals surface area contributed by atoms with Crippen LogP contribution >= 0.6 is 0 Å². The van der Waals surface area contributed by atoms with Crippen molar-refractivity contribution in [2.45, 2.75) is 349 Å². The number of rotatable bonds is 26. The number of hydrogen-bond acceptors (Lipinski definition) is 15. The maximum atomic E-state index is 12.4. The predicted molar refractivity (Wildman–Crippen MR) is 360 cm³/mol. The Morgan fingerprint density at radius 1 is 0.337 bits per heavy atom. The summed E-state index contributed by atoms with van der Waals surface area (Å²) in [4.78, 5) is 73.3. The monoisotopic (exact) mass is 1270 g/mol. The minimum Gasteiger partial charge on any atom is -0.465 e. The molecule has 0 unspecified atom stereocenters. The second kappa shape index (κ2) is 39.4. The van der Waals surface area contributed by atoms with Gasteiger partial charge in [-0.25, -0.2) is 4.79 Å². The van der Waals surface area contributed by atoms with Crippen LogP contribution in [0, 0.1) is 37.9 Å². The summed E-state index contributed by atoms with van der Waals surface area (Å²) in [6.07, 6.45) is 28.6. The molecule has 0 atom stereocenters. The van der Waals surface area contributed by atoms with Gasteiger partial charge in [0, 0.05) is 37.6 Å². The van der Waals surface area contributed by atoms with E-state index in [1.807, 2.05) is 62.3 Å². The number of esters is 6. The van der Waals surface area contributed by atoms with Crippen LogP contribution in [0.3, 0.4) is 0 Å². The van der Waals surface area contributed by atoms with Crippen LogP contribution in [-0.4, -0.2) is 113 Å². The number of hydrogen-bond donors (Lipinski definition) is 0. The van der Waals surface area contributed by atoms with Gasteiger partial charge in [0.25, 0.3) is 0 Å². The van der Waals surface area contributed by atoms with Crippen molar-refractivity contribution < 1.29 is 71.4 Å². The highest BCUT2D eigenvalue weighted by molar-refractivity contribution is 5.80. The molecule has 526 valence electrons. The van der Waals surface area contributed by atoms with Crippen molar-refractivity contribution in [2.24, 2.45) is 37.9 Å². The van der Waals surface area contributed by atoms with Crippen LogP contribution in [0.5, 0.6) is 0 Å². The fraction of sp³-hybridized carbons (Fsp3) is 0.919. The van der Waals surface area contributed by atoms with Crippen molar-refractivity contribution >= 4 is 35.8 Å². The first-order chi connectivity index (χ1) is 40.3. The van der Waals surface area contributed by atoms with Gasteiger partial charge in [0.05, 0.1) is 47.9 Å². The van der Waals surface area contributed by atoms with Crippen molar-refractivity contribution in [3.05, 3.63) is 0 Å². The largest absolute Gasteiger partial charge is 0.465 e. The van der Waals surface area contributed by atoms with Gasteiger partial charge < -0.3 is 42.6 Å². The highest BCUT2D eigenvalue weighted by atomic mass is 16.6. The summed E-state index contributed by atoms with van der Waals surface area (Å²) >= 11 is 0. The lowest BCUT2D eigenvalue weighted by Gasteiger charge is -2.44. The second-order valence-corrected chi connectivity index (χ2v) is 30.8. The Kier molecular flexibility index (Phi) is 38.9. The van der Waals surface area contributed by atoms with E-state index >= 15 is 0 Å². The molecule has 0 amide bonds. The van der Waals surface area contributed by atoms with E-state index in [0.29, 0.717) is 32.7 Å². The summed E-state index contributed by atoms with van der Waals surface area (Å²) in [5.41, 5.74) is -4.13. The van der Waals surface area contributed by atoms with E-state index in [1.165, 1.54) is 57.8 Å². The quantitative estimate of drug-likeness (QED) is 0.0588. The Hall–Kier alpha value is -3.30. The number of carbonyl (C=O) groups excluding carboxylic acids is 6. The molecule has 15 heteroatoms. The van der Waals surface area contributed by atoms with E-state index < -0.39 is 33.4 Å². The molecule has 89 heavy (non-hydrogen) atoms. The molecule has 0 heterocycles. The Balaban J connectivity index is 0. The lowest BCUT2D eigenvalue weighted by Crippen LogP contribution is -2.50. The molecule has 0 aromatic rings. The Morgan fingerprint density at radius 3 is 0.910 bits per heavy atom. The molecule has 0 aliphatic heterocycles. The standard InChI is InChI=1S/C19H34O5.C19H36O2.C18H32O5.C16H30O3.2CH4/c1-7-17(2,3)16(21)23-13-10-15(20)24-19(11-8-9-12-19)18(4,5)14-22-6;1-5-18(2,3)17(20)21-19(4)15-13-11-9-7-6-8-10-12-14-16-19;1-7-16(2,3)15(20)22-12-14(19)23-18(10-8-9-11-18)17(4,5)13-21-6;1-7-14(2,3)13(17)19-16(10-8-9-11-16)15(4,5)12-18-6;;/h7-14H2,1-6H3;5-16H2,1-4H3;7-13H2,1-6H3;7-12H2,1-6H3;2*1H4. The van der Waals surface area contributed by atoms with E-state index in [0.717, 1.165) is 103 Å². The maximum absolute atomic E-state index is 12.4. The van der Waals surface area contributed by atoms with Crippen LogP contribution in [0.15, 0.2) is 0 Å².